The number of ether oxygens (including phenoxy) is 2. The lowest BCUT2D eigenvalue weighted by Gasteiger charge is -2.17. The molecule has 0 radical (unpaired) electrons. The van der Waals surface area contributed by atoms with Gasteiger partial charge in [-0.1, -0.05) is 18.2 Å². The second-order valence-corrected chi connectivity index (χ2v) is 4.37. The lowest BCUT2D eigenvalue weighted by molar-refractivity contribution is 0.397. The minimum Gasteiger partial charge on any atom is -0.496 e. The summed E-state index contributed by atoms with van der Waals surface area (Å²) in [6.07, 6.45) is 0. The van der Waals surface area contributed by atoms with Crippen molar-refractivity contribution in [2.45, 2.75) is 13.0 Å². The first-order chi connectivity index (χ1) is 9.67. The minimum atomic E-state index is -0.240. The van der Waals surface area contributed by atoms with Gasteiger partial charge in [-0.25, -0.2) is 0 Å². The highest BCUT2D eigenvalue weighted by molar-refractivity contribution is 5.51. The Morgan fingerprint density at radius 2 is 1.70 bits per heavy atom. The molecule has 2 aromatic rings. The fraction of sp³-hybridized carbons (Fsp3) is 0.188. The predicted octanol–water partition coefficient (Wildman–Crippen LogP) is 3.38. The molecule has 0 fully saturated rings. The SMILES string of the molecule is COc1cccc(Oc2ccccc2C#N)c1C(C)N. The zero-order valence-electron chi connectivity index (χ0n) is 11.5. The summed E-state index contributed by atoms with van der Waals surface area (Å²) in [4.78, 5) is 0. The second-order valence-electron chi connectivity index (χ2n) is 4.37. The van der Waals surface area contributed by atoms with E-state index in [4.69, 9.17) is 20.5 Å². The van der Waals surface area contributed by atoms with Crippen molar-refractivity contribution in [2.24, 2.45) is 5.73 Å². The molecule has 0 aliphatic heterocycles. The summed E-state index contributed by atoms with van der Waals surface area (Å²) >= 11 is 0. The largest absolute Gasteiger partial charge is 0.496 e. The van der Waals surface area contributed by atoms with Crippen LogP contribution in [0.3, 0.4) is 0 Å². The summed E-state index contributed by atoms with van der Waals surface area (Å²) in [6.45, 7) is 1.86. The third-order valence-electron chi connectivity index (χ3n) is 2.93. The molecule has 0 amide bonds. The van der Waals surface area contributed by atoms with Gasteiger partial charge < -0.3 is 15.2 Å². The molecule has 0 aliphatic rings. The standard InChI is InChI=1S/C16H16N2O2/c1-11(18)16-14(19-2)8-5-9-15(16)20-13-7-4-3-6-12(13)10-17/h3-9,11H,18H2,1-2H3. The van der Waals surface area contributed by atoms with Crippen LogP contribution in [-0.2, 0) is 0 Å². The zero-order valence-corrected chi connectivity index (χ0v) is 11.5. The molecule has 4 nitrogen and oxygen atoms in total. The zero-order chi connectivity index (χ0) is 14.5. The van der Waals surface area contributed by atoms with Crippen LogP contribution in [-0.4, -0.2) is 7.11 Å². The summed E-state index contributed by atoms with van der Waals surface area (Å²) in [7, 11) is 1.59. The van der Waals surface area contributed by atoms with E-state index in [0.29, 0.717) is 22.8 Å². The molecule has 0 saturated heterocycles. The van der Waals surface area contributed by atoms with Gasteiger partial charge in [-0.15, -0.1) is 0 Å². The molecule has 1 atom stereocenters. The third-order valence-corrected chi connectivity index (χ3v) is 2.93. The topological polar surface area (TPSA) is 68.3 Å². The highest BCUT2D eigenvalue weighted by Crippen LogP contribution is 2.36. The number of rotatable bonds is 4. The maximum absolute atomic E-state index is 9.10. The van der Waals surface area contributed by atoms with Gasteiger partial charge in [0.05, 0.1) is 18.2 Å². The Labute approximate surface area is 118 Å². The smallest absolute Gasteiger partial charge is 0.145 e. The number of nitrogens with zero attached hydrogens (tertiary/aromatic N) is 1. The quantitative estimate of drug-likeness (QED) is 0.923. The van der Waals surface area contributed by atoms with Crippen LogP contribution in [0.1, 0.15) is 24.1 Å². The first kappa shape index (κ1) is 13.9. The lowest BCUT2D eigenvalue weighted by atomic mass is 10.1. The van der Waals surface area contributed by atoms with Gasteiger partial charge in [0.1, 0.15) is 23.3 Å². The number of benzene rings is 2. The van der Waals surface area contributed by atoms with E-state index in [0.717, 1.165) is 5.56 Å². The van der Waals surface area contributed by atoms with Crippen LogP contribution >= 0.6 is 0 Å². The molecular formula is C16H16N2O2. The molecule has 20 heavy (non-hydrogen) atoms. The Hall–Kier alpha value is -2.51. The lowest BCUT2D eigenvalue weighted by Crippen LogP contribution is -2.08. The van der Waals surface area contributed by atoms with Gasteiger partial charge in [0.25, 0.3) is 0 Å². The average Bonchev–Trinajstić information content (AvgIpc) is 2.47. The van der Waals surface area contributed by atoms with E-state index in [9.17, 15) is 0 Å². The van der Waals surface area contributed by atoms with E-state index < -0.39 is 0 Å². The van der Waals surface area contributed by atoms with Gasteiger partial charge in [0, 0.05) is 6.04 Å². The summed E-state index contributed by atoms with van der Waals surface area (Å²) in [6, 6.07) is 14.4. The van der Waals surface area contributed by atoms with Crippen LogP contribution < -0.4 is 15.2 Å². The van der Waals surface area contributed by atoms with E-state index in [1.54, 1.807) is 25.3 Å². The van der Waals surface area contributed by atoms with Crippen LogP contribution in [0.25, 0.3) is 0 Å². The van der Waals surface area contributed by atoms with Crippen molar-refractivity contribution < 1.29 is 9.47 Å². The molecule has 2 N–H and O–H groups in total. The van der Waals surface area contributed by atoms with Gasteiger partial charge >= 0.3 is 0 Å². The summed E-state index contributed by atoms with van der Waals surface area (Å²) in [5.74, 6) is 1.78. The van der Waals surface area contributed by atoms with E-state index >= 15 is 0 Å². The highest BCUT2D eigenvalue weighted by Gasteiger charge is 2.15. The maximum atomic E-state index is 9.10. The number of hydrogen-bond acceptors (Lipinski definition) is 4. The molecule has 0 aliphatic carbocycles. The van der Waals surface area contributed by atoms with Gasteiger partial charge in [0.15, 0.2) is 0 Å². The summed E-state index contributed by atoms with van der Waals surface area (Å²) < 4.78 is 11.2. The molecule has 0 spiro atoms. The Balaban J connectivity index is 2.46. The van der Waals surface area contributed by atoms with Gasteiger partial charge in [-0.05, 0) is 31.2 Å². The van der Waals surface area contributed by atoms with Crippen molar-refractivity contribution in [1.82, 2.24) is 0 Å². The van der Waals surface area contributed by atoms with Crippen LogP contribution in [0.15, 0.2) is 42.5 Å². The Morgan fingerprint density at radius 1 is 1.05 bits per heavy atom. The predicted molar refractivity (Wildman–Crippen MR) is 76.8 cm³/mol. The summed E-state index contributed by atoms with van der Waals surface area (Å²) in [5.41, 5.74) is 7.25. The van der Waals surface area contributed by atoms with Crippen LogP contribution in [0.5, 0.6) is 17.2 Å². The number of nitriles is 1. The van der Waals surface area contributed by atoms with E-state index in [2.05, 4.69) is 6.07 Å². The Kier molecular flexibility index (Phi) is 4.24. The highest BCUT2D eigenvalue weighted by atomic mass is 16.5. The van der Waals surface area contributed by atoms with Crippen molar-refractivity contribution in [3.63, 3.8) is 0 Å². The number of methoxy groups -OCH3 is 1. The Morgan fingerprint density at radius 3 is 2.35 bits per heavy atom. The molecule has 0 aromatic heterocycles. The summed E-state index contributed by atoms with van der Waals surface area (Å²) in [5, 5.41) is 9.10. The fourth-order valence-electron chi connectivity index (χ4n) is 2.01. The van der Waals surface area contributed by atoms with E-state index in [1.165, 1.54) is 0 Å². The van der Waals surface area contributed by atoms with Crippen LogP contribution in [0.2, 0.25) is 0 Å². The molecule has 0 bridgehead atoms. The molecular weight excluding hydrogens is 252 g/mol. The molecule has 4 heteroatoms. The number of hydrogen-bond donors (Lipinski definition) is 1. The number of nitrogens with two attached hydrogens (primary N) is 1. The third kappa shape index (κ3) is 2.73. The molecule has 102 valence electrons. The van der Waals surface area contributed by atoms with E-state index in [-0.39, 0.29) is 6.04 Å². The molecule has 2 rings (SSSR count). The Bertz CT molecular complexity index is 645. The normalized spacial score (nSPS) is 11.5. The minimum absolute atomic E-state index is 0.240. The first-order valence-electron chi connectivity index (χ1n) is 6.26. The van der Waals surface area contributed by atoms with Crippen molar-refractivity contribution in [1.29, 1.82) is 5.26 Å². The van der Waals surface area contributed by atoms with Gasteiger partial charge in [-0.2, -0.15) is 5.26 Å². The van der Waals surface area contributed by atoms with Crippen LogP contribution in [0.4, 0.5) is 0 Å². The monoisotopic (exact) mass is 268 g/mol. The molecule has 1 unspecified atom stereocenters. The van der Waals surface area contributed by atoms with E-state index in [1.807, 2.05) is 31.2 Å². The molecule has 0 saturated carbocycles. The maximum Gasteiger partial charge on any atom is 0.145 e. The van der Waals surface area contributed by atoms with Crippen molar-refractivity contribution in [2.75, 3.05) is 7.11 Å². The number of para-hydroxylation sites is 1. The van der Waals surface area contributed by atoms with Crippen molar-refractivity contribution in [3.8, 4) is 23.3 Å². The van der Waals surface area contributed by atoms with Crippen molar-refractivity contribution in [3.05, 3.63) is 53.6 Å². The second kappa shape index (κ2) is 6.09. The molecule has 0 heterocycles. The van der Waals surface area contributed by atoms with Gasteiger partial charge in [0.2, 0.25) is 0 Å². The van der Waals surface area contributed by atoms with Crippen LogP contribution in [0, 0.1) is 11.3 Å². The van der Waals surface area contributed by atoms with Gasteiger partial charge in [-0.3, -0.25) is 0 Å². The van der Waals surface area contributed by atoms with Crippen molar-refractivity contribution >= 4 is 0 Å². The first-order valence-corrected chi connectivity index (χ1v) is 6.26. The molecule has 2 aromatic carbocycles. The average molecular weight is 268 g/mol. The fourth-order valence-corrected chi connectivity index (χ4v) is 2.01.